The average Bonchev–Trinajstić information content (AvgIpc) is 2.38. The first-order valence-corrected chi connectivity index (χ1v) is 5.71. The van der Waals surface area contributed by atoms with Gasteiger partial charge in [-0.1, -0.05) is 23.7 Å². The lowest BCUT2D eigenvalue weighted by Gasteiger charge is -2.08. The van der Waals surface area contributed by atoms with Crippen LogP contribution in [0.15, 0.2) is 42.6 Å². The molecule has 0 aliphatic carbocycles. The average molecular weight is 263 g/mol. The first kappa shape index (κ1) is 12.4. The molecule has 0 atom stereocenters. The molecule has 0 unspecified atom stereocenters. The van der Waals surface area contributed by atoms with Gasteiger partial charge in [-0.3, -0.25) is 0 Å². The van der Waals surface area contributed by atoms with Gasteiger partial charge in [0.1, 0.15) is 0 Å². The lowest BCUT2D eigenvalue weighted by molar-refractivity contribution is 0.0691. The van der Waals surface area contributed by atoms with Crippen LogP contribution in [0.5, 0.6) is 0 Å². The molecule has 0 fully saturated rings. The summed E-state index contributed by atoms with van der Waals surface area (Å²) in [5.74, 6) is -1.05. The minimum atomic E-state index is -1.05. The van der Waals surface area contributed by atoms with E-state index < -0.39 is 5.97 Å². The summed E-state index contributed by atoms with van der Waals surface area (Å²) in [4.78, 5) is 14.8. The van der Waals surface area contributed by atoms with Crippen molar-refractivity contribution in [1.29, 1.82) is 0 Å². The Labute approximate surface area is 109 Å². The number of carboxylic acid groups (broad SMARTS) is 1. The largest absolute Gasteiger partial charge is 0.476 e. The summed E-state index contributed by atoms with van der Waals surface area (Å²) in [6.45, 7) is 0.517. The molecule has 2 aromatic rings. The molecule has 0 bridgehead atoms. The van der Waals surface area contributed by atoms with E-state index in [2.05, 4.69) is 10.3 Å². The maximum atomic E-state index is 11.0. The summed E-state index contributed by atoms with van der Waals surface area (Å²) in [6, 6.07) is 10.7. The number of aromatic carboxylic acids is 1. The Bertz CT molecular complexity index is 555. The van der Waals surface area contributed by atoms with Crippen LogP contribution in [-0.2, 0) is 6.54 Å². The van der Waals surface area contributed by atoms with E-state index in [9.17, 15) is 4.79 Å². The molecule has 1 heterocycles. The van der Waals surface area contributed by atoms with Crippen LogP contribution < -0.4 is 5.32 Å². The molecule has 0 saturated heterocycles. The van der Waals surface area contributed by atoms with Gasteiger partial charge in [0.15, 0.2) is 5.69 Å². The van der Waals surface area contributed by atoms with E-state index in [1.807, 2.05) is 12.1 Å². The molecule has 0 aliphatic rings. The third-order valence-electron chi connectivity index (χ3n) is 2.41. The fraction of sp³-hybridized carbons (Fsp3) is 0.0769. The fourth-order valence-corrected chi connectivity index (χ4v) is 1.64. The first-order valence-electron chi connectivity index (χ1n) is 5.33. The number of hydrogen-bond donors (Lipinski definition) is 2. The molecule has 92 valence electrons. The zero-order chi connectivity index (χ0) is 13.0. The van der Waals surface area contributed by atoms with Gasteiger partial charge in [0, 0.05) is 17.8 Å². The SMILES string of the molecule is O=C(O)c1ncccc1NCc1ccc(Cl)cc1. The van der Waals surface area contributed by atoms with Gasteiger partial charge >= 0.3 is 5.97 Å². The number of aromatic nitrogens is 1. The molecule has 1 aromatic carbocycles. The number of pyridine rings is 1. The molecule has 2 N–H and O–H groups in total. The summed E-state index contributed by atoms with van der Waals surface area (Å²) in [6.07, 6.45) is 1.46. The second-order valence-corrected chi connectivity index (χ2v) is 4.12. The number of hydrogen-bond acceptors (Lipinski definition) is 3. The summed E-state index contributed by atoms with van der Waals surface area (Å²) in [5.41, 5.74) is 1.53. The van der Waals surface area contributed by atoms with E-state index in [-0.39, 0.29) is 5.69 Å². The van der Waals surface area contributed by atoms with Crippen molar-refractivity contribution in [3.8, 4) is 0 Å². The lowest BCUT2D eigenvalue weighted by atomic mass is 10.2. The van der Waals surface area contributed by atoms with Gasteiger partial charge in [-0.15, -0.1) is 0 Å². The Balaban J connectivity index is 2.10. The first-order chi connectivity index (χ1) is 8.66. The molecule has 0 saturated carbocycles. The molecular formula is C13H11ClN2O2. The molecule has 1 aromatic heterocycles. The topological polar surface area (TPSA) is 62.2 Å². The van der Waals surface area contributed by atoms with Crippen molar-refractivity contribution in [2.24, 2.45) is 0 Å². The highest BCUT2D eigenvalue weighted by molar-refractivity contribution is 6.30. The highest BCUT2D eigenvalue weighted by Gasteiger charge is 2.10. The summed E-state index contributed by atoms with van der Waals surface area (Å²) in [5, 5.41) is 12.7. The summed E-state index contributed by atoms with van der Waals surface area (Å²) in [7, 11) is 0. The fourth-order valence-electron chi connectivity index (χ4n) is 1.52. The van der Waals surface area contributed by atoms with Crippen LogP contribution >= 0.6 is 11.6 Å². The highest BCUT2D eigenvalue weighted by atomic mass is 35.5. The molecule has 0 amide bonds. The number of nitrogens with zero attached hydrogens (tertiary/aromatic N) is 1. The van der Waals surface area contributed by atoms with Crippen molar-refractivity contribution in [3.05, 3.63) is 58.9 Å². The van der Waals surface area contributed by atoms with E-state index in [4.69, 9.17) is 16.7 Å². The second-order valence-electron chi connectivity index (χ2n) is 3.68. The highest BCUT2D eigenvalue weighted by Crippen LogP contribution is 2.15. The monoisotopic (exact) mass is 262 g/mol. The van der Waals surface area contributed by atoms with Gasteiger partial charge in [0.25, 0.3) is 0 Å². The minimum absolute atomic E-state index is 0.0199. The molecule has 0 radical (unpaired) electrons. The standard InChI is InChI=1S/C13H11ClN2O2/c14-10-5-3-9(4-6-10)8-16-11-2-1-7-15-12(11)13(17)18/h1-7,16H,8H2,(H,17,18). The van der Waals surface area contributed by atoms with Gasteiger partial charge in [0.2, 0.25) is 0 Å². The van der Waals surface area contributed by atoms with E-state index in [0.29, 0.717) is 17.3 Å². The zero-order valence-corrected chi connectivity index (χ0v) is 10.2. The van der Waals surface area contributed by atoms with Gasteiger partial charge in [-0.05, 0) is 29.8 Å². The van der Waals surface area contributed by atoms with E-state index >= 15 is 0 Å². The molecule has 0 aliphatic heterocycles. The predicted molar refractivity (Wildman–Crippen MR) is 70.0 cm³/mol. The van der Waals surface area contributed by atoms with Gasteiger partial charge < -0.3 is 10.4 Å². The van der Waals surface area contributed by atoms with E-state index in [0.717, 1.165) is 5.56 Å². The van der Waals surface area contributed by atoms with Crippen LogP contribution in [0.4, 0.5) is 5.69 Å². The van der Waals surface area contributed by atoms with Crippen molar-refractivity contribution in [1.82, 2.24) is 4.98 Å². The molecule has 0 spiro atoms. The maximum Gasteiger partial charge on any atom is 0.356 e. The van der Waals surface area contributed by atoms with Gasteiger partial charge in [-0.25, -0.2) is 9.78 Å². The maximum absolute atomic E-state index is 11.0. The second kappa shape index (κ2) is 5.51. The van der Waals surface area contributed by atoms with Crippen LogP contribution in [0.2, 0.25) is 5.02 Å². The number of rotatable bonds is 4. The van der Waals surface area contributed by atoms with Crippen LogP contribution in [0, 0.1) is 0 Å². The molecule has 4 nitrogen and oxygen atoms in total. The molecule has 18 heavy (non-hydrogen) atoms. The smallest absolute Gasteiger partial charge is 0.356 e. The molecular weight excluding hydrogens is 252 g/mol. The summed E-state index contributed by atoms with van der Waals surface area (Å²) < 4.78 is 0. The third-order valence-corrected chi connectivity index (χ3v) is 2.66. The van der Waals surface area contributed by atoms with Crippen molar-refractivity contribution >= 4 is 23.3 Å². The molecule has 2 rings (SSSR count). The lowest BCUT2D eigenvalue weighted by Crippen LogP contribution is -2.08. The Hall–Kier alpha value is -2.07. The number of carboxylic acids is 1. The normalized spacial score (nSPS) is 10.1. The van der Waals surface area contributed by atoms with E-state index in [1.165, 1.54) is 6.20 Å². The number of carbonyl (C=O) groups is 1. The van der Waals surface area contributed by atoms with Crippen LogP contribution in [0.25, 0.3) is 0 Å². The van der Waals surface area contributed by atoms with Crippen LogP contribution in [0.3, 0.4) is 0 Å². The molecule has 5 heteroatoms. The van der Waals surface area contributed by atoms with Gasteiger partial charge in [0.05, 0.1) is 5.69 Å². The Morgan fingerprint density at radius 3 is 2.67 bits per heavy atom. The zero-order valence-electron chi connectivity index (χ0n) is 9.43. The van der Waals surface area contributed by atoms with Crippen molar-refractivity contribution in [3.63, 3.8) is 0 Å². The Kier molecular flexibility index (Phi) is 3.79. The Morgan fingerprint density at radius 1 is 1.28 bits per heavy atom. The third kappa shape index (κ3) is 2.99. The quantitative estimate of drug-likeness (QED) is 0.889. The minimum Gasteiger partial charge on any atom is -0.476 e. The van der Waals surface area contributed by atoms with Crippen molar-refractivity contribution < 1.29 is 9.90 Å². The van der Waals surface area contributed by atoms with Crippen LogP contribution in [0.1, 0.15) is 16.1 Å². The Morgan fingerprint density at radius 2 is 2.00 bits per heavy atom. The summed E-state index contributed by atoms with van der Waals surface area (Å²) >= 11 is 5.79. The van der Waals surface area contributed by atoms with Gasteiger partial charge in [-0.2, -0.15) is 0 Å². The predicted octanol–water partition coefficient (Wildman–Crippen LogP) is 3.05. The number of halogens is 1. The number of anilines is 1. The van der Waals surface area contributed by atoms with Crippen molar-refractivity contribution in [2.45, 2.75) is 6.54 Å². The van der Waals surface area contributed by atoms with Crippen molar-refractivity contribution in [2.75, 3.05) is 5.32 Å². The van der Waals surface area contributed by atoms with Crippen LogP contribution in [-0.4, -0.2) is 16.1 Å². The van der Waals surface area contributed by atoms with E-state index in [1.54, 1.807) is 24.3 Å². The number of benzene rings is 1. The number of nitrogens with one attached hydrogen (secondary N) is 1.